The van der Waals surface area contributed by atoms with Gasteiger partial charge in [0, 0.05) is 19.2 Å². The highest BCUT2D eigenvalue weighted by atomic mass is 15.1. The van der Waals surface area contributed by atoms with Crippen molar-refractivity contribution in [3.8, 4) is 0 Å². The Morgan fingerprint density at radius 3 is 3.33 bits per heavy atom. The van der Waals surface area contributed by atoms with Gasteiger partial charge >= 0.3 is 0 Å². The first kappa shape index (κ1) is 7.80. The molecule has 1 atom stereocenters. The number of imidazole rings is 1. The van der Waals surface area contributed by atoms with E-state index < -0.39 is 0 Å². The van der Waals surface area contributed by atoms with Crippen LogP contribution < -0.4 is 5.73 Å². The number of hydrogen-bond acceptors (Lipinski definition) is 2. The maximum Gasteiger partial charge on any atom is 0.109 e. The number of nitrogens with two attached hydrogens (primary N) is 1. The molecule has 0 radical (unpaired) electrons. The van der Waals surface area contributed by atoms with E-state index >= 15 is 0 Å². The Labute approximate surface area is 72.6 Å². The molecule has 1 aromatic rings. The van der Waals surface area contributed by atoms with Gasteiger partial charge in [-0.1, -0.05) is 0 Å². The van der Waals surface area contributed by atoms with E-state index in [9.17, 15) is 0 Å². The van der Waals surface area contributed by atoms with Gasteiger partial charge in [0.15, 0.2) is 0 Å². The summed E-state index contributed by atoms with van der Waals surface area (Å²) in [7, 11) is 0. The molecule has 1 aliphatic rings. The van der Waals surface area contributed by atoms with Crippen molar-refractivity contribution in [1.82, 2.24) is 9.55 Å². The van der Waals surface area contributed by atoms with E-state index in [0.29, 0.717) is 5.92 Å². The van der Waals surface area contributed by atoms with E-state index in [1.165, 1.54) is 12.2 Å². The van der Waals surface area contributed by atoms with Crippen LogP contribution in [0.4, 0.5) is 0 Å². The molecule has 2 N–H and O–H groups in total. The van der Waals surface area contributed by atoms with Crippen LogP contribution in [0.1, 0.15) is 17.9 Å². The van der Waals surface area contributed by atoms with Crippen molar-refractivity contribution in [1.29, 1.82) is 0 Å². The van der Waals surface area contributed by atoms with Gasteiger partial charge in [-0.2, -0.15) is 0 Å². The van der Waals surface area contributed by atoms with Crippen LogP contribution in [0.2, 0.25) is 0 Å². The van der Waals surface area contributed by atoms with Gasteiger partial charge in [-0.15, -0.1) is 0 Å². The van der Waals surface area contributed by atoms with Gasteiger partial charge in [0.2, 0.25) is 0 Å². The molecule has 0 spiro atoms. The lowest BCUT2D eigenvalue weighted by molar-refractivity contribution is 0.389. The molecule has 66 valence electrons. The third-order valence-electron chi connectivity index (χ3n) is 2.56. The average Bonchev–Trinajstić information content (AvgIpc) is 2.43. The summed E-state index contributed by atoms with van der Waals surface area (Å²) in [5, 5.41) is 0. The topological polar surface area (TPSA) is 43.8 Å². The lowest BCUT2D eigenvalue weighted by Gasteiger charge is -2.21. The lowest BCUT2D eigenvalue weighted by Crippen LogP contribution is -2.25. The molecule has 3 heteroatoms. The molecule has 0 amide bonds. The lowest BCUT2D eigenvalue weighted by atomic mass is 9.98. The highest BCUT2D eigenvalue weighted by molar-refractivity contribution is 5.05. The van der Waals surface area contributed by atoms with Gasteiger partial charge in [0.05, 0.1) is 5.69 Å². The third kappa shape index (κ3) is 1.25. The number of hydrogen-bond donors (Lipinski definition) is 1. The molecule has 3 nitrogen and oxygen atoms in total. The van der Waals surface area contributed by atoms with Gasteiger partial charge in [0.1, 0.15) is 5.82 Å². The molecule has 2 heterocycles. The van der Waals surface area contributed by atoms with Crippen molar-refractivity contribution in [3.05, 3.63) is 17.7 Å². The second-order valence-electron chi connectivity index (χ2n) is 3.59. The quantitative estimate of drug-likeness (QED) is 0.666. The standard InChI is InChI=1S/C9H15N3/c1-7-6-12-3-2-8(5-10)4-9(12)11-7/h6,8H,2-5,10H2,1H3/t8-/m1/s1. The van der Waals surface area contributed by atoms with Crippen LogP contribution in [0.5, 0.6) is 0 Å². The molecule has 1 aromatic heterocycles. The van der Waals surface area contributed by atoms with Crippen molar-refractivity contribution in [2.75, 3.05) is 6.54 Å². The van der Waals surface area contributed by atoms with Gasteiger partial charge < -0.3 is 10.3 Å². The molecule has 1 aliphatic heterocycles. The Balaban J connectivity index is 2.22. The Kier molecular flexibility index (Phi) is 1.89. The molecule has 0 saturated carbocycles. The van der Waals surface area contributed by atoms with Crippen LogP contribution in [-0.2, 0) is 13.0 Å². The number of aryl methyl sites for hydroxylation is 2. The van der Waals surface area contributed by atoms with Crippen LogP contribution >= 0.6 is 0 Å². The largest absolute Gasteiger partial charge is 0.335 e. The first-order chi connectivity index (χ1) is 5.79. The monoisotopic (exact) mass is 165 g/mol. The van der Waals surface area contributed by atoms with E-state index in [4.69, 9.17) is 5.73 Å². The van der Waals surface area contributed by atoms with Crippen molar-refractivity contribution in [2.24, 2.45) is 11.7 Å². The SMILES string of the molecule is Cc1cn2c(n1)C[C@H](CN)CC2. The fraction of sp³-hybridized carbons (Fsp3) is 0.667. The Bertz CT molecular complexity index is 277. The molecule has 0 aliphatic carbocycles. The summed E-state index contributed by atoms with van der Waals surface area (Å²) in [6, 6.07) is 0. The maximum absolute atomic E-state index is 5.63. The van der Waals surface area contributed by atoms with E-state index in [1.807, 2.05) is 6.92 Å². The third-order valence-corrected chi connectivity index (χ3v) is 2.56. The molecule has 0 unspecified atom stereocenters. The van der Waals surface area contributed by atoms with Gasteiger partial charge in [-0.3, -0.25) is 0 Å². The summed E-state index contributed by atoms with van der Waals surface area (Å²) in [4.78, 5) is 4.46. The molecule has 0 saturated heterocycles. The molecule has 0 fully saturated rings. The minimum atomic E-state index is 0.652. The van der Waals surface area contributed by atoms with Crippen LogP contribution in [0.15, 0.2) is 6.20 Å². The highest BCUT2D eigenvalue weighted by Crippen LogP contribution is 2.18. The van der Waals surface area contributed by atoms with Crippen molar-refractivity contribution in [3.63, 3.8) is 0 Å². The van der Waals surface area contributed by atoms with E-state index in [-0.39, 0.29) is 0 Å². The predicted octanol–water partition coefficient (Wildman–Crippen LogP) is 0.713. The zero-order valence-electron chi connectivity index (χ0n) is 7.45. The fourth-order valence-electron chi connectivity index (χ4n) is 1.84. The second-order valence-corrected chi connectivity index (χ2v) is 3.59. The Morgan fingerprint density at radius 1 is 1.75 bits per heavy atom. The van der Waals surface area contributed by atoms with Crippen LogP contribution in [0.3, 0.4) is 0 Å². The second kappa shape index (κ2) is 2.90. The summed E-state index contributed by atoms with van der Waals surface area (Å²) in [6.07, 6.45) is 4.39. The average molecular weight is 165 g/mol. The highest BCUT2D eigenvalue weighted by Gasteiger charge is 2.18. The number of rotatable bonds is 1. The fourth-order valence-corrected chi connectivity index (χ4v) is 1.84. The minimum Gasteiger partial charge on any atom is -0.335 e. The predicted molar refractivity (Wildman–Crippen MR) is 47.8 cm³/mol. The smallest absolute Gasteiger partial charge is 0.109 e. The molecule has 12 heavy (non-hydrogen) atoms. The summed E-state index contributed by atoms with van der Waals surface area (Å²) >= 11 is 0. The van der Waals surface area contributed by atoms with Crippen LogP contribution in [0.25, 0.3) is 0 Å². The first-order valence-electron chi connectivity index (χ1n) is 4.52. The molecule has 2 rings (SSSR count). The summed E-state index contributed by atoms with van der Waals surface area (Å²) in [6.45, 7) is 3.94. The van der Waals surface area contributed by atoms with Crippen molar-refractivity contribution < 1.29 is 0 Å². The molecular weight excluding hydrogens is 150 g/mol. The Morgan fingerprint density at radius 2 is 2.58 bits per heavy atom. The Hall–Kier alpha value is -0.830. The van der Waals surface area contributed by atoms with Crippen LogP contribution in [-0.4, -0.2) is 16.1 Å². The van der Waals surface area contributed by atoms with E-state index in [2.05, 4.69) is 15.7 Å². The maximum atomic E-state index is 5.63. The van der Waals surface area contributed by atoms with Crippen molar-refractivity contribution in [2.45, 2.75) is 26.3 Å². The minimum absolute atomic E-state index is 0.652. The molecule has 0 aromatic carbocycles. The van der Waals surface area contributed by atoms with Gasteiger partial charge in [-0.05, 0) is 25.8 Å². The molecule has 0 bridgehead atoms. The van der Waals surface area contributed by atoms with Crippen molar-refractivity contribution >= 4 is 0 Å². The van der Waals surface area contributed by atoms with Gasteiger partial charge in [-0.25, -0.2) is 4.98 Å². The molecular formula is C9H15N3. The summed E-state index contributed by atoms with van der Waals surface area (Å²) in [5.74, 6) is 1.87. The van der Waals surface area contributed by atoms with E-state index in [0.717, 1.165) is 25.2 Å². The number of nitrogens with zero attached hydrogens (tertiary/aromatic N) is 2. The summed E-state index contributed by atoms with van der Waals surface area (Å²) in [5.41, 5.74) is 6.76. The zero-order chi connectivity index (χ0) is 8.55. The number of aromatic nitrogens is 2. The van der Waals surface area contributed by atoms with E-state index in [1.54, 1.807) is 0 Å². The first-order valence-corrected chi connectivity index (χ1v) is 4.52. The summed E-state index contributed by atoms with van der Waals surface area (Å²) < 4.78 is 2.25. The van der Waals surface area contributed by atoms with Crippen LogP contribution in [0, 0.1) is 12.8 Å². The van der Waals surface area contributed by atoms with Gasteiger partial charge in [0.25, 0.3) is 0 Å². The zero-order valence-corrected chi connectivity index (χ0v) is 7.45. The number of fused-ring (bicyclic) bond motifs is 1. The normalized spacial score (nSPS) is 22.3.